The Balaban J connectivity index is 1.83. The van der Waals surface area contributed by atoms with Gasteiger partial charge in [0.2, 0.25) is 0 Å². The molecule has 0 aliphatic heterocycles. The van der Waals surface area contributed by atoms with Gasteiger partial charge in [0.15, 0.2) is 0 Å². The van der Waals surface area contributed by atoms with Crippen molar-refractivity contribution in [1.29, 1.82) is 0 Å². The van der Waals surface area contributed by atoms with Crippen molar-refractivity contribution in [3.8, 4) is 17.0 Å². The molecule has 0 saturated heterocycles. The van der Waals surface area contributed by atoms with Gasteiger partial charge in [0.05, 0.1) is 23.2 Å². The summed E-state index contributed by atoms with van der Waals surface area (Å²) in [5.74, 6) is -2.11. The first kappa shape index (κ1) is 21.9. The summed E-state index contributed by atoms with van der Waals surface area (Å²) in [6, 6.07) is 7.14. The number of H-pyrrole nitrogens is 1. The van der Waals surface area contributed by atoms with Gasteiger partial charge in [-0.25, -0.2) is 4.79 Å². The summed E-state index contributed by atoms with van der Waals surface area (Å²) in [6.07, 6.45) is 0. The Morgan fingerprint density at radius 1 is 1.23 bits per heavy atom. The Kier molecular flexibility index (Phi) is 6.30. The molecule has 0 saturated carbocycles. The van der Waals surface area contributed by atoms with E-state index in [1.165, 1.54) is 44.4 Å². The topological polar surface area (TPSA) is 136 Å². The quantitative estimate of drug-likeness (QED) is 0.473. The fourth-order valence-corrected chi connectivity index (χ4v) is 3.79. The molecule has 162 valence electrons. The number of anilines is 1. The SMILES string of the molecule is COC(=O)c1c(NC(=O)c2cc(-c3ccc(OC(F)F)cc3)n[nH]2)sc(C(N)=O)c1C. The van der Waals surface area contributed by atoms with Gasteiger partial charge >= 0.3 is 12.6 Å². The molecule has 0 aliphatic rings. The first-order valence-electron chi connectivity index (χ1n) is 8.64. The van der Waals surface area contributed by atoms with Crippen molar-refractivity contribution in [3.63, 3.8) is 0 Å². The van der Waals surface area contributed by atoms with E-state index in [0.717, 1.165) is 11.3 Å². The second-order valence-corrected chi connectivity index (χ2v) is 7.16. The number of nitrogens with one attached hydrogen (secondary N) is 2. The maximum absolute atomic E-state index is 12.6. The molecular formula is C19H16F2N4O5S. The lowest BCUT2D eigenvalue weighted by molar-refractivity contribution is -0.0498. The maximum atomic E-state index is 12.6. The van der Waals surface area contributed by atoms with E-state index in [4.69, 9.17) is 10.5 Å². The number of amides is 2. The Labute approximate surface area is 178 Å². The number of ether oxygens (including phenoxy) is 2. The van der Waals surface area contributed by atoms with Crippen molar-refractivity contribution in [2.45, 2.75) is 13.5 Å². The molecule has 0 spiro atoms. The van der Waals surface area contributed by atoms with Gasteiger partial charge in [-0.15, -0.1) is 11.3 Å². The molecule has 31 heavy (non-hydrogen) atoms. The van der Waals surface area contributed by atoms with E-state index in [-0.39, 0.29) is 26.9 Å². The number of nitrogens with two attached hydrogens (primary N) is 1. The van der Waals surface area contributed by atoms with Crippen LogP contribution in [-0.2, 0) is 4.74 Å². The molecule has 12 heteroatoms. The third kappa shape index (κ3) is 4.69. The maximum Gasteiger partial charge on any atom is 0.387 e. The lowest BCUT2D eigenvalue weighted by atomic mass is 10.1. The number of benzene rings is 1. The smallest absolute Gasteiger partial charge is 0.387 e. The number of aromatic nitrogens is 2. The third-order valence-electron chi connectivity index (χ3n) is 4.18. The van der Waals surface area contributed by atoms with E-state index in [0.29, 0.717) is 16.8 Å². The fourth-order valence-electron chi connectivity index (χ4n) is 2.75. The van der Waals surface area contributed by atoms with Crippen molar-refractivity contribution in [3.05, 3.63) is 52.0 Å². The van der Waals surface area contributed by atoms with Crippen molar-refractivity contribution < 1.29 is 32.6 Å². The Bertz CT molecular complexity index is 1140. The number of hydrogen-bond acceptors (Lipinski definition) is 7. The van der Waals surface area contributed by atoms with Crippen LogP contribution in [0.25, 0.3) is 11.3 Å². The summed E-state index contributed by atoms with van der Waals surface area (Å²) in [7, 11) is 1.17. The molecule has 2 aromatic heterocycles. The molecule has 2 amide bonds. The summed E-state index contributed by atoms with van der Waals surface area (Å²) in [6.45, 7) is -1.41. The Morgan fingerprint density at radius 2 is 1.90 bits per heavy atom. The lowest BCUT2D eigenvalue weighted by Gasteiger charge is -2.05. The largest absolute Gasteiger partial charge is 0.465 e. The molecular weight excluding hydrogens is 434 g/mol. The molecule has 0 radical (unpaired) electrons. The van der Waals surface area contributed by atoms with E-state index in [2.05, 4.69) is 20.3 Å². The number of methoxy groups -OCH3 is 1. The van der Waals surface area contributed by atoms with Crippen molar-refractivity contribution in [2.75, 3.05) is 12.4 Å². The zero-order valence-electron chi connectivity index (χ0n) is 16.2. The predicted octanol–water partition coefficient (Wildman–Crippen LogP) is 3.19. The van der Waals surface area contributed by atoms with Crippen LogP contribution < -0.4 is 15.8 Å². The highest BCUT2D eigenvalue weighted by Crippen LogP contribution is 2.34. The van der Waals surface area contributed by atoms with Crippen molar-refractivity contribution in [1.82, 2.24) is 10.2 Å². The summed E-state index contributed by atoms with van der Waals surface area (Å²) >= 11 is 0.854. The minimum absolute atomic E-state index is 0.0130. The van der Waals surface area contributed by atoms with Crippen LogP contribution >= 0.6 is 11.3 Å². The number of esters is 1. The number of carbonyl (C=O) groups is 3. The van der Waals surface area contributed by atoms with Gasteiger partial charge in [0, 0.05) is 5.56 Å². The van der Waals surface area contributed by atoms with Crippen LogP contribution in [0.1, 0.15) is 36.1 Å². The summed E-state index contributed by atoms with van der Waals surface area (Å²) in [5, 5.41) is 9.24. The second kappa shape index (κ2) is 8.92. The molecule has 0 atom stereocenters. The van der Waals surface area contributed by atoms with Gasteiger partial charge in [0.25, 0.3) is 11.8 Å². The van der Waals surface area contributed by atoms with Gasteiger partial charge in [-0.2, -0.15) is 13.9 Å². The molecule has 9 nitrogen and oxygen atoms in total. The number of halogens is 2. The first-order chi connectivity index (χ1) is 14.7. The van der Waals surface area contributed by atoms with Gasteiger partial charge in [0.1, 0.15) is 16.4 Å². The number of primary amides is 1. The van der Waals surface area contributed by atoms with Gasteiger partial charge < -0.3 is 20.5 Å². The van der Waals surface area contributed by atoms with Crippen LogP contribution in [0, 0.1) is 6.92 Å². The van der Waals surface area contributed by atoms with Gasteiger partial charge in [-0.1, -0.05) is 0 Å². The number of rotatable bonds is 7. The zero-order chi connectivity index (χ0) is 22.7. The average Bonchev–Trinajstić information content (AvgIpc) is 3.33. The normalized spacial score (nSPS) is 10.7. The van der Waals surface area contributed by atoms with Crippen LogP contribution in [0.15, 0.2) is 30.3 Å². The molecule has 3 rings (SSSR count). The van der Waals surface area contributed by atoms with Crippen LogP contribution in [0.4, 0.5) is 13.8 Å². The summed E-state index contributed by atoms with van der Waals surface area (Å²) in [4.78, 5) is 36.5. The van der Waals surface area contributed by atoms with Gasteiger partial charge in [-0.05, 0) is 42.8 Å². The van der Waals surface area contributed by atoms with E-state index < -0.39 is 24.4 Å². The monoisotopic (exact) mass is 450 g/mol. The van der Waals surface area contributed by atoms with E-state index in [9.17, 15) is 23.2 Å². The molecule has 2 heterocycles. The second-order valence-electron chi connectivity index (χ2n) is 6.14. The van der Waals surface area contributed by atoms with Gasteiger partial charge in [-0.3, -0.25) is 14.7 Å². The molecule has 0 bridgehead atoms. The highest BCUT2D eigenvalue weighted by Gasteiger charge is 2.26. The molecule has 1 aromatic carbocycles. The number of aromatic amines is 1. The number of hydrogen-bond donors (Lipinski definition) is 3. The Morgan fingerprint density at radius 3 is 2.48 bits per heavy atom. The zero-order valence-corrected chi connectivity index (χ0v) is 17.0. The summed E-state index contributed by atoms with van der Waals surface area (Å²) < 4.78 is 33.5. The standard InChI is InChI=1S/C19H16F2N4O5S/c1-8-13(18(28)29-2)17(31-14(8)15(22)26)23-16(27)12-7-11(24-25-12)9-3-5-10(6-4-9)30-19(20)21/h3-7,19H,1-2H3,(H2,22,26)(H,23,27)(H,24,25). The molecule has 4 N–H and O–H groups in total. The van der Waals surface area contributed by atoms with Crippen LogP contribution in [0.5, 0.6) is 5.75 Å². The highest BCUT2D eigenvalue weighted by molar-refractivity contribution is 7.18. The Hall–Kier alpha value is -3.80. The number of nitrogens with zero attached hydrogens (tertiary/aromatic N) is 1. The van der Waals surface area contributed by atoms with Crippen LogP contribution in [0.3, 0.4) is 0 Å². The van der Waals surface area contributed by atoms with Crippen LogP contribution in [0.2, 0.25) is 0 Å². The molecule has 3 aromatic rings. The van der Waals surface area contributed by atoms with E-state index >= 15 is 0 Å². The third-order valence-corrected chi connectivity index (χ3v) is 5.41. The molecule has 0 unspecified atom stereocenters. The highest BCUT2D eigenvalue weighted by atomic mass is 32.1. The van der Waals surface area contributed by atoms with Crippen molar-refractivity contribution >= 4 is 34.1 Å². The molecule has 0 fully saturated rings. The van der Waals surface area contributed by atoms with Crippen molar-refractivity contribution in [2.24, 2.45) is 5.73 Å². The predicted molar refractivity (Wildman–Crippen MR) is 108 cm³/mol. The summed E-state index contributed by atoms with van der Waals surface area (Å²) in [5.41, 5.74) is 6.65. The minimum atomic E-state index is -2.93. The van der Waals surface area contributed by atoms with E-state index in [1.807, 2.05) is 0 Å². The number of thiophene rings is 1. The first-order valence-corrected chi connectivity index (χ1v) is 9.46. The number of carbonyl (C=O) groups excluding carboxylic acids is 3. The average molecular weight is 450 g/mol. The van der Waals surface area contributed by atoms with Crippen LogP contribution in [-0.4, -0.2) is 41.7 Å². The lowest BCUT2D eigenvalue weighted by Crippen LogP contribution is -2.14. The molecule has 0 aliphatic carbocycles. The number of alkyl halides is 2. The fraction of sp³-hybridized carbons (Fsp3) is 0.158. The van der Waals surface area contributed by atoms with E-state index in [1.54, 1.807) is 0 Å². The minimum Gasteiger partial charge on any atom is -0.465 e.